The third-order valence-electron chi connectivity index (χ3n) is 2.08. The highest BCUT2D eigenvalue weighted by molar-refractivity contribution is 7.99. The van der Waals surface area contributed by atoms with Crippen LogP contribution in [0.4, 0.5) is 0 Å². The van der Waals surface area contributed by atoms with Gasteiger partial charge in [0.05, 0.1) is 0 Å². The lowest BCUT2D eigenvalue weighted by Gasteiger charge is -2.05. The summed E-state index contributed by atoms with van der Waals surface area (Å²) in [5, 5.41) is 8.74. The van der Waals surface area contributed by atoms with Crippen molar-refractivity contribution < 1.29 is 5.11 Å². The van der Waals surface area contributed by atoms with Crippen LogP contribution >= 0.6 is 11.8 Å². The molecule has 0 aromatic carbocycles. The van der Waals surface area contributed by atoms with E-state index in [1.807, 2.05) is 11.8 Å². The van der Waals surface area contributed by atoms with Gasteiger partial charge in [-0.25, -0.2) is 0 Å². The molecule has 1 fully saturated rings. The number of hydrogen-bond donors (Lipinski definition) is 1. The Bertz CT molecular complexity index is 102. The second-order valence-corrected chi connectivity index (χ2v) is 4.74. The fourth-order valence-corrected chi connectivity index (χ4v) is 2.17. The van der Waals surface area contributed by atoms with Crippen LogP contribution in [-0.2, 0) is 0 Å². The van der Waals surface area contributed by atoms with Crippen LogP contribution < -0.4 is 0 Å². The SMILES string of the molecule is CC(CO)CSCCC1CC1. The minimum absolute atomic E-state index is 0.344. The van der Waals surface area contributed by atoms with Crippen LogP contribution in [0.3, 0.4) is 0 Å². The fraction of sp³-hybridized carbons (Fsp3) is 1.00. The predicted molar refractivity (Wildman–Crippen MR) is 50.9 cm³/mol. The summed E-state index contributed by atoms with van der Waals surface area (Å²) in [6.07, 6.45) is 4.34. The molecule has 0 aromatic heterocycles. The quantitative estimate of drug-likeness (QED) is 0.623. The molecule has 1 aliphatic rings. The van der Waals surface area contributed by atoms with Crippen LogP contribution in [0.2, 0.25) is 0 Å². The van der Waals surface area contributed by atoms with Crippen molar-refractivity contribution in [2.45, 2.75) is 26.2 Å². The highest BCUT2D eigenvalue weighted by Crippen LogP contribution is 2.33. The minimum atomic E-state index is 0.344. The summed E-state index contributed by atoms with van der Waals surface area (Å²) in [5.41, 5.74) is 0. The molecule has 0 aliphatic heterocycles. The van der Waals surface area contributed by atoms with Crippen molar-refractivity contribution in [3.63, 3.8) is 0 Å². The Morgan fingerprint density at radius 3 is 2.82 bits per heavy atom. The van der Waals surface area contributed by atoms with E-state index in [4.69, 9.17) is 5.11 Å². The van der Waals surface area contributed by atoms with Crippen molar-refractivity contribution >= 4 is 11.8 Å². The monoisotopic (exact) mass is 174 g/mol. The normalized spacial score (nSPS) is 20.2. The summed E-state index contributed by atoms with van der Waals surface area (Å²) >= 11 is 1.99. The van der Waals surface area contributed by atoms with Gasteiger partial charge in [0, 0.05) is 6.61 Å². The second kappa shape index (κ2) is 5.04. The molecule has 1 unspecified atom stereocenters. The summed E-state index contributed by atoms with van der Waals surface area (Å²) in [4.78, 5) is 0. The predicted octanol–water partition coefficient (Wildman–Crippen LogP) is 2.15. The van der Waals surface area contributed by atoms with E-state index < -0.39 is 0 Å². The summed E-state index contributed by atoms with van der Waals surface area (Å²) in [6, 6.07) is 0. The van der Waals surface area contributed by atoms with E-state index in [2.05, 4.69) is 6.92 Å². The molecule has 1 N–H and O–H groups in total. The molecule has 0 heterocycles. The molecular weight excluding hydrogens is 156 g/mol. The Morgan fingerprint density at radius 1 is 1.55 bits per heavy atom. The van der Waals surface area contributed by atoms with Gasteiger partial charge in [-0.05, 0) is 29.8 Å². The maximum atomic E-state index is 8.74. The average Bonchev–Trinajstić information content (AvgIpc) is 2.81. The molecule has 11 heavy (non-hydrogen) atoms. The number of hydrogen-bond acceptors (Lipinski definition) is 2. The van der Waals surface area contributed by atoms with E-state index in [1.165, 1.54) is 25.0 Å². The van der Waals surface area contributed by atoms with E-state index in [9.17, 15) is 0 Å². The standard InChI is InChI=1S/C9H18OS/c1-8(6-10)7-11-5-4-9-2-3-9/h8-10H,2-7H2,1H3. The van der Waals surface area contributed by atoms with Crippen LogP contribution in [0.15, 0.2) is 0 Å². The molecule has 66 valence electrons. The molecule has 1 rings (SSSR count). The van der Waals surface area contributed by atoms with Crippen molar-refractivity contribution in [1.29, 1.82) is 0 Å². The van der Waals surface area contributed by atoms with Gasteiger partial charge in [-0.2, -0.15) is 11.8 Å². The van der Waals surface area contributed by atoms with Gasteiger partial charge in [-0.15, -0.1) is 0 Å². The first-order valence-corrected chi connectivity index (χ1v) is 5.67. The first kappa shape index (κ1) is 9.40. The fourth-order valence-electron chi connectivity index (χ4n) is 0.994. The summed E-state index contributed by atoms with van der Waals surface area (Å²) in [5.74, 6) is 3.98. The topological polar surface area (TPSA) is 20.2 Å². The van der Waals surface area contributed by atoms with Crippen LogP contribution in [-0.4, -0.2) is 23.2 Å². The molecule has 1 saturated carbocycles. The van der Waals surface area contributed by atoms with Gasteiger partial charge in [-0.3, -0.25) is 0 Å². The zero-order chi connectivity index (χ0) is 8.10. The van der Waals surface area contributed by atoms with Crippen molar-refractivity contribution in [2.75, 3.05) is 18.1 Å². The van der Waals surface area contributed by atoms with Crippen molar-refractivity contribution in [1.82, 2.24) is 0 Å². The summed E-state index contributed by atoms with van der Waals surface area (Å²) in [6.45, 7) is 2.44. The van der Waals surface area contributed by atoms with E-state index in [0.29, 0.717) is 12.5 Å². The van der Waals surface area contributed by atoms with Gasteiger partial charge in [0.25, 0.3) is 0 Å². The largest absolute Gasteiger partial charge is 0.396 e. The number of thioether (sulfide) groups is 1. The molecule has 2 heteroatoms. The Hall–Kier alpha value is 0.310. The summed E-state index contributed by atoms with van der Waals surface area (Å²) < 4.78 is 0. The number of rotatable bonds is 6. The Balaban J connectivity index is 1.79. The lowest BCUT2D eigenvalue weighted by atomic mass is 10.2. The van der Waals surface area contributed by atoms with E-state index >= 15 is 0 Å². The lowest BCUT2D eigenvalue weighted by molar-refractivity contribution is 0.250. The highest BCUT2D eigenvalue weighted by Gasteiger charge is 2.20. The maximum absolute atomic E-state index is 8.74. The molecule has 0 saturated heterocycles. The third-order valence-corrected chi connectivity index (χ3v) is 3.41. The van der Waals surface area contributed by atoms with Gasteiger partial charge in [0.2, 0.25) is 0 Å². The van der Waals surface area contributed by atoms with Gasteiger partial charge in [0.15, 0.2) is 0 Å². The number of aliphatic hydroxyl groups is 1. The molecule has 0 bridgehead atoms. The summed E-state index contributed by atoms with van der Waals surface area (Å²) in [7, 11) is 0. The minimum Gasteiger partial charge on any atom is -0.396 e. The first-order valence-electron chi connectivity index (χ1n) is 4.51. The maximum Gasteiger partial charge on any atom is 0.0464 e. The number of aliphatic hydroxyl groups excluding tert-OH is 1. The zero-order valence-corrected chi connectivity index (χ0v) is 8.07. The Kier molecular flexibility index (Phi) is 4.31. The molecule has 0 spiro atoms. The molecule has 1 nitrogen and oxygen atoms in total. The molecule has 0 aromatic rings. The molecule has 0 amide bonds. The molecule has 0 radical (unpaired) electrons. The smallest absolute Gasteiger partial charge is 0.0464 e. The Labute approximate surface area is 73.6 Å². The van der Waals surface area contributed by atoms with Crippen LogP contribution in [0.5, 0.6) is 0 Å². The van der Waals surface area contributed by atoms with E-state index in [1.54, 1.807) is 0 Å². The van der Waals surface area contributed by atoms with Crippen molar-refractivity contribution in [3.05, 3.63) is 0 Å². The van der Waals surface area contributed by atoms with Crippen LogP contribution in [0.25, 0.3) is 0 Å². The highest BCUT2D eigenvalue weighted by atomic mass is 32.2. The van der Waals surface area contributed by atoms with Gasteiger partial charge >= 0.3 is 0 Å². The molecular formula is C9H18OS. The van der Waals surface area contributed by atoms with Crippen LogP contribution in [0, 0.1) is 11.8 Å². The second-order valence-electron chi connectivity index (χ2n) is 3.59. The van der Waals surface area contributed by atoms with E-state index in [-0.39, 0.29) is 0 Å². The lowest BCUT2D eigenvalue weighted by Crippen LogP contribution is -2.03. The first-order chi connectivity index (χ1) is 5.33. The van der Waals surface area contributed by atoms with Gasteiger partial charge in [0.1, 0.15) is 0 Å². The van der Waals surface area contributed by atoms with Crippen LogP contribution in [0.1, 0.15) is 26.2 Å². The third kappa shape index (κ3) is 4.70. The molecule has 1 aliphatic carbocycles. The van der Waals surface area contributed by atoms with Crippen molar-refractivity contribution in [3.8, 4) is 0 Å². The van der Waals surface area contributed by atoms with E-state index in [0.717, 1.165) is 11.7 Å². The molecule has 1 atom stereocenters. The van der Waals surface area contributed by atoms with Gasteiger partial charge < -0.3 is 5.11 Å². The van der Waals surface area contributed by atoms with Crippen molar-refractivity contribution in [2.24, 2.45) is 11.8 Å². The average molecular weight is 174 g/mol. The Morgan fingerprint density at radius 2 is 2.27 bits per heavy atom. The zero-order valence-electron chi connectivity index (χ0n) is 7.25. The van der Waals surface area contributed by atoms with Gasteiger partial charge in [-0.1, -0.05) is 19.8 Å².